The molecule has 94 valence electrons. The molecule has 0 saturated carbocycles. The zero-order valence-electron chi connectivity index (χ0n) is 9.61. The first-order valence-electron chi connectivity index (χ1n) is 5.83. The second kappa shape index (κ2) is 4.15. The minimum atomic E-state index is -0.429. The van der Waals surface area contributed by atoms with Crippen LogP contribution in [0.15, 0.2) is 24.3 Å². The first-order valence-corrected chi connectivity index (χ1v) is 5.83. The van der Waals surface area contributed by atoms with Gasteiger partial charge in [-0.2, -0.15) is 5.06 Å². The number of Topliss-reactive ketones (excluding diaryl/α,β-unsaturated/α-hetero) is 1. The van der Waals surface area contributed by atoms with Crippen molar-refractivity contribution in [1.29, 1.82) is 0 Å². The molecule has 0 radical (unpaired) electrons. The van der Waals surface area contributed by atoms with Crippen molar-refractivity contribution in [2.75, 3.05) is 13.2 Å². The molecule has 0 aromatic heterocycles. The Hall–Kier alpha value is -1.79. The summed E-state index contributed by atoms with van der Waals surface area (Å²) in [4.78, 5) is 27.4. The zero-order valence-corrected chi connectivity index (χ0v) is 9.61. The van der Waals surface area contributed by atoms with Gasteiger partial charge in [-0.25, -0.2) is 0 Å². The van der Waals surface area contributed by atoms with Crippen molar-refractivity contribution in [2.24, 2.45) is 5.92 Å². The molecule has 0 N–H and O–H groups in total. The topological polar surface area (TPSA) is 72.7 Å². The molecule has 2 heterocycles. The third kappa shape index (κ3) is 1.70. The molecule has 2 aliphatic heterocycles. The summed E-state index contributed by atoms with van der Waals surface area (Å²) in [7, 11) is 0. The fourth-order valence-corrected chi connectivity index (χ4v) is 2.62. The monoisotopic (exact) mass is 248 g/mol. The summed E-state index contributed by atoms with van der Waals surface area (Å²) in [5.74, 6) is 0.0762. The smallest absolute Gasteiger partial charge is 0.269 e. The number of benzene rings is 1. The number of fused-ring (bicyclic) bond motifs is 2. The van der Waals surface area contributed by atoms with Crippen LogP contribution in [0.5, 0.6) is 0 Å². The highest BCUT2D eigenvalue weighted by Crippen LogP contribution is 2.39. The van der Waals surface area contributed by atoms with Gasteiger partial charge in [-0.05, 0) is 5.56 Å². The highest BCUT2D eigenvalue weighted by Gasteiger charge is 2.44. The molecule has 2 saturated heterocycles. The van der Waals surface area contributed by atoms with E-state index in [1.54, 1.807) is 12.1 Å². The van der Waals surface area contributed by atoms with Gasteiger partial charge in [-0.1, -0.05) is 12.1 Å². The summed E-state index contributed by atoms with van der Waals surface area (Å²) in [5.41, 5.74) is 0.959. The fourth-order valence-electron chi connectivity index (χ4n) is 2.62. The number of hydroxylamine groups is 2. The van der Waals surface area contributed by atoms with Crippen LogP contribution in [0.1, 0.15) is 18.0 Å². The number of nitrogens with zero attached hydrogens (tertiary/aromatic N) is 2. The molecule has 0 spiro atoms. The molecule has 6 heteroatoms. The van der Waals surface area contributed by atoms with Gasteiger partial charge in [0, 0.05) is 25.1 Å². The van der Waals surface area contributed by atoms with E-state index < -0.39 is 4.92 Å². The van der Waals surface area contributed by atoms with E-state index >= 15 is 0 Å². The van der Waals surface area contributed by atoms with E-state index in [0.29, 0.717) is 19.6 Å². The lowest BCUT2D eigenvalue weighted by molar-refractivity contribution is -0.384. The van der Waals surface area contributed by atoms with Crippen LogP contribution >= 0.6 is 0 Å². The van der Waals surface area contributed by atoms with Crippen molar-refractivity contribution in [3.8, 4) is 0 Å². The molecule has 1 aromatic rings. The summed E-state index contributed by atoms with van der Waals surface area (Å²) < 4.78 is 0. The van der Waals surface area contributed by atoms with Crippen molar-refractivity contribution in [3.05, 3.63) is 39.9 Å². The summed E-state index contributed by atoms with van der Waals surface area (Å²) in [6, 6.07) is 6.25. The van der Waals surface area contributed by atoms with Crippen molar-refractivity contribution in [1.82, 2.24) is 5.06 Å². The van der Waals surface area contributed by atoms with E-state index in [9.17, 15) is 14.9 Å². The van der Waals surface area contributed by atoms with Gasteiger partial charge in [0.2, 0.25) is 0 Å². The van der Waals surface area contributed by atoms with Crippen molar-refractivity contribution in [3.63, 3.8) is 0 Å². The lowest BCUT2D eigenvalue weighted by atomic mass is 9.86. The van der Waals surface area contributed by atoms with Gasteiger partial charge < -0.3 is 0 Å². The Morgan fingerprint density at radius 3 is 2.72 bits per heavy atom. The van der Waals surface area contributed by atoms with Crippen LogP contribution in [0.3, 0.4) is 0 Å². The molecule has 0 amide bonds. The molecule has 2 bridgehead atoms. The molecule has 2 fully saturated rings. The number of hydrogen-bond acceptors (Lipinski definition) is 5. The van der Waals surface area contributed by atoms with E-state index in [2.05, 4.69) is 0 Å². The molecule has 3 rings (SSSR count). The Morgan fingerprint density at radius 1 is 1.33 bits per heavy atom. The van der Waals surface area contributed by atoms with Crippen LogP contribution in [0.4, 0.5) is 5.69 Å². The Balaban J connectivity index is 1.90. The first-order chi connectivity index (χ1) is 8.66. The highest BCUT2D eigenvalue weighted by molar-refractivity contribution is 5.83. The summed E-state index contributed by atoms with van der Waals surface area (Å²) in [6.07, 6.45) is 0.522. The van der Waals surface area contributed by atoms with Gasteiger partial charge in [0.1, 0.15) is 5.78 Å². The average Bonchev–Trinajstić information content (AvgIpc) is 2.71. The summed E-state index contributed by atoms with van der Waals surface area (Å²) in [5, 5.41) is 12.4. The van der Waals surface area contributed by atoms with Crippen LogP contribution in [-0.2, 0) is 9.63 Å². The number of nitro benzene ring substituents is 1. The Morgan fingerprint density at radius 2 is 2.06 bits per heavy atom. The molecule has 6 nitrogen and oxygen atoms in total. The number of carbonyl (C=O) groups is 1. The minimum Gasteiger partial charge on any atom is -0.299 e. The van der Waals surface area contributed by atoms with E-state index in [0.717, 1.165) is 5.56 Å². The standard InChI is InChI=1S/C12H12N2O4/c15-11-5-6-13-12(10(11)7-18-13)8-1-3-9(4-2-8)14(16)17/h1-4,10,12H,5-7H2/t10-,12-/m0/s1. The number of piperidine rings is 1. The lowest BCUT2D eigenvalue weighted by Crippen LogP contribution is -2.35. The van der Waals surface area contributed by atoms with E-state index in [1.807, 2.05) is 5.06 Å². The molecule has 3 atom stereocenters. The number of rotatable bonds is 2. The second-order valence-electron chi connectivity index (χ2n) is 4.55. The van der Waals surface area contributed by atoms with Gasteiger partial charge in [-0.3, -0.25) is 19.7 Å². The molecule has 0 aliphatic carbocycles. The Labute approximate surface area is 103 Å². The molecular formula is C12H12N2O4. The van der Waals surface area contributed by atoms with Gasteiger partial charge >= 0.3 is 0 Å². The normalized spacial score (nSPS) is 30.4. The maximum absolute atomic E-state index is 11.8. The van der Waals surface area contributed by atoms with Crippen molar-refractivity contribution in [2.45, 2.75) is 12.5 Å². The molecule has 2 aliphatic rings. The van der Waals surface area contributed by atoms with Gasteiger partial charge in [-0.15, -0.1) is 0 Å². The van der Waals surface area contributed by atoms with Gasteiger partial charge in [0.25, 0.3) is 5.69 Å². The third-order valence-corrected chi connectivity index (χ3v) is 3.55. The highest BCUT2D eigenvalue weighted by atomic mass is 16.7. The predicted octanol–water partition coefficient (Wildman–Crippen LogP) is 1.47. The summed E-state index contributed by atoms with van der Waals surface area (Å²) in [6.45, 7) is 1.01. The molecule has 1 unspecified atom stereocenters. The molecule has 1 aromatic carbocycles. The minimum absolute atomic E-state index is 0.0594. The lowest BCUT2D eigenvalue weighted by Gasteiger charge is -2.29. The number of ketones is 1. The second-order valence-corrected chi connectivity index (χ2v) is 4.55. The van der Waals surface area contributed by atoms with Gasteiger partial charge in [0.15, 0.2) is 0 Å². The van der Waals surface area contributed by atoms with E-state index in [-0.39, 0.29) is 23.4 Å². The first kappa shape index (κ1) is 11.3. The number of nitro groups is 1. The van der Waals surface area contributed by atoms with Crippen molar-refractivity contribution >= 4 is 11.5 Å². The maximum Gasteiger partial charge on any atom is 0.269 e. The maximum atomic E-state index is 11.8. The number of non-ortho nitro benzene ring substituents is 1. The van der Waals surface area contributed by atoms with Crippen LogP contribution in [0.2, 0.25) is 0 Å². The van der Waals surface area contributed by atoms with E-state index in [4.69, 9.17) is 4.84 Å². The zero-order chi connectivity index (χ0) is 12.7. The van der Waals surface area contributed by atoms with Crippen LogP contribution < -0.4 is 0 Å². The quantitative estimate of drug-likeness (QED) is 0.585. The third-order valence-electron chi connectivity index (χ3n) is 3.55. The largest absolute Gasteiger partial charge is 0.299 e. The molecular weight excluding hydrogens is 236 g/mol. The Kier molecular flexibility index (Phi) is 2.61. The number of carbonyl (C=O) groups excluding carboxylic acids is 1. The van der Waals surface area contributed by atoms with Crippen LogP contribution in [0, 0.1) is 16.0 Å². The van der Waals surface area contributed by atoms with E-state index in [1.165, 1.54) is 12.1 Å². The van der Waals surface area contributed by atoms with Gasteiger partial charge in [0.05, 0.1) is 23.5 Å². The predicted molar refractivity (Wildman–Crippen MR) is 61.6 cm³/mol. The molecule has 18 heavy (non-hydrogen) atoms. The van der Waals surface area contributed by atoms with Crippen LogP contribution in [-0.4, -0.2) is 28.9 Å². The average molecular weight is 248 g/mol. The number of hydrogen-bond donors (Lipinski definition) is 0. The summed E-state index contributed by atoms with van der Waals surface area (Å²) >= 11 is 0. The fraction of sp³-hybridized carbons (Fsp3) is 0.417. The van der Waals surface area contributed by atoms with Crippen molar-refractivity contribution < 1.29 is 14.6 Å². The Bertz CT molecular complexity index is 499. The van der Waals surface area contributed by atoms with Crippen LogP contribution in [0.25, 0.3) is 0 Å². The SMILES string of the molecule is O=C1CCN2OC[C@@H]1[C@@H]2c1ccc([N+](=O)[O-])cc1.